The van der Waals surface area contributed by atoms with Crippen LogP contribution in [0.15, 0.2) is 48.3 Å². The van der Waals surface area contributed by atoms with Gasteiger partial charge in [0.25, 0.3) is 5.91 Å². The van der Waals surface area contributed by atoms with Crippen molar-refractivity contribution in [3.8, 4) is 0 Å². The molecule has 0 radical (unpaired) electrons. The van der Waals surface area contributed by atoms with Crippen molar-refractivity contribution in [3.05, 3.63) is 59.4 Å². The lowest BCUT2D eigenvalue weighted by atomic mass is 9.97. The van der Waals surface area contributed by atoms with Gasteiger partial charge in [-0.3, -0.25) is 4.79 Å². The van der Waals surface area contributed by atoms with Gasteiger partial charge in [-0.15, -0.1) is 0 Å². The Kier molecular flexibility index (Phi) is 6.28. The number of para-hydroxylation sites is 1. The Morgan fingerprint density at radius 1 is 1.11 bits per heavy atom. The van der Waals surface area contributed by atoms with E-state index < -0.39 is 17.6 Å². The molecule has 28 heavy (non-hydrogen) atoms. The fraction of sp³-hybridized carbons (Fsp3) is 0.350. The molecule has 0 spiro atoms. The lowest BCUT2D eigenvalue weighted by molar-refractivity contribution is -0.136. The largest absolute Gasteiger partial charge is 0.418 e. The van der Waals surface area contributed by atoms with Gasteiger partial charge in [0.1, 0.15) is 0 Å². The molecule has 1 aromatic carbocycles. The van der Waals surface area contributed by atoms with Crippen molar-refractivity contribution in [1.82, 2.24) is 9.97 Å². The van der Waals surface area contributed by atoms with Gasteiger partial charge in [-0.05, 0) is 44.2 Å². The van der Waals surface area contributed by atoms with Gasteiger partial charge in [0.15, 0.2) is 0 Å². The number of nitrogens with zero attached hydrogens (tertiary/aromatic N) is 2. The highest BCUT2D eigenvalue weighted by Crippen LogP contribution is 2.34. The minimum atomic E-state index is -4.55. The molecule has 0 fully saturated rings. The van der Waals surface area contributed by atoms with Gasteiger partial charge in [0.05, 0.1) is 16.8 Å². The van der Waals surface area contributed by atoms with E-state index in [4.69, 9.17) is 0 Å². The van der Waals surface area contributed by atoms with Gasteiger partial charge in [0.2, 0.25) is 5.95 Å². The van der Waals surface area contributed by atoms with Crippen LogP contribution in [0.2, 0.25) is 0 Å². The molecule has 0 aliphatic heterocycles. The Morgan fingerprint density at radius 3 is 2.54 bits per heavy atom. The minimum Gasteiger partial charge on any atom is -0.354 e. The summed E-state index contributed by atoms with van der Waals surface area (Å²) >= 11 is 0. The Bertz CT molecular complexity index is 847. The Morgan fingerprint density at radius 2 is 1.86 bits per heavy atom. The zero-order valence-corrected chi connectivity index (χ0v) is 15.2. The van der Waals surface area contributed by atoms with Gasteiger partial charge in [-0.25, -0.2) is 9.97 Å². The molecule has 1 aliphatic carbocycles. The summed E-state index contributed by atoms with van der Waals surface area (Å²) in [4.78, 5) is 20.4. The van der Waals surface area contributed by atoms with Crippen LogP contribution in [0.25, 0.3) is 0 Å². The number of carbonyl (C=O) groups is 1. The molecule has 1 aromatic heterocycles. The second kappa shape index (κ2) is 8.86. The van der Waals surface area contributed by atoms with Crippen LogP contribution in [0.4, 0.5) is 24.8 Å². The normalized spacial score (nSPS) is 14.3. The minimum absolute atomic E-state index is 0.0810. The van der Waals surface area contributed by atoms with Crippen LogP contribution in [0.3, 0.4) is 0 Å². The van der Waals surface area contributed by atoms with E-state index >= 15 is 0 Å². The van der Waals surface area contributed by atoms with Gasteiger partial charge in [-0.1, -0.05) is 23.8 Å². The van der Waals surface area contributed by atoms with Gasteiger partial charge >= 0.3 is 6.18 Å². The highest BCUT2D eigenvalue weighted by molar-refractivity contribution is 6.04. The monoisotopic (exact) mass is 390 g/mol. The molecule has 1 amide bonds. The fourth-order valence-corrected chi connectivity index (χ4v) is 3.04. The molecule has 3 rings (SSSR count). The van der Waals surface area contributed by atoms with E-state index in [-0.39, 0.29) is 11.3 Å². The fourth-order valence-electron chi connectivity index (χ4n) is 3.04. The maximum atomic E-state index is 13.0. The Hall–Kier alpha value is -2.90. The lowest BCUT2D eigenvalue weighted by Crippen LogP contribution is -2.17. The summed E-state index contributed by atoms with van der Waals surface area (Å²) in [6.07, 6.45) is 5.95. The van der Waals surface area contributed by atoms with Gasteiger partial charge < -0.3 is 10.6 Å². The van der Waals surface area contributed by atoms with Crippen LogP contribution in [-0.4, -0.2) is 22.4 Å². The van der Waals surface area contributed by atoms with Crippen LogP contribution >= 0.6 is 0 Å². The third kappa shape index (κ3) is 5.31. The summed E-state index contributed by atoms with van der Waals surface area (Å²) in [5.41, 5.74) is 0.304. The number of carbonyl (C=O) groups excluding carboxylic acids is 1. The van der Waals surface area contributed by atoms with Crippen LogP contribution < -0.4 is 10.6 Å². The summed E-state index contributed by atoms with van der Waals surface area (Å²) in [6, 6.07) is 4.82. The van der Waals surface area contributed by atoms with E-state index in [9.17, 15) is 18.0 Å². The van der Waals surface area contributed by atoms with Crippen molar-refractivity contribution in [3.63, 3.8) is 0 Å². The Labute approximate surface area is 161 Å². The van der Waals surface area contributed by atoms with Crippen molar-refractivity contribution in [2.75, 3.05) is 17.2 Å². The molecule has 0 atom stereocenters. The van der Waals surface area contributed by atoms with Gasteiger partial charge in [-0.2, -0.15) is 13.2 Å². The van der Waals surface area contributed by atoms with Crippen LogP contribution in [0.1, 0.15) is 48.0 Å². The van der Waals surface area contributed by atoms with Crippen LogP contribution in [-0.2, 0) is 6.18 Å². The summed E-state index contributed by atoms with van der Waals surface area (Å²) < 4.78 is 39.1. The number of benzene rings is 1. The third-order valence-corrected chi connectivity index (χ3v) is 4.51. The highest BCUT2D eigenvalue weighted by atomic mass is 19.4. The highest BCUT2D eigenvalue weighted by Gasteiger charge is 2.33. The quantitative estimate of drug-likeness (QED) is 0.678. The van der Waals surface area contributed by atoms with Crippen molar-refractivity contribution in [2.45, 2.75) is 38.3 Å². The summed E-state index contributed by atoms with van der Waals surface area (Å²) in [7, 11) is 0. The van der Waals surface area contributed by atoms with Crippen LogP contribution in [0, 0.1) is 0 Å². The average molecular weight is 390 g/mol. The number of hydrogen-bond acceptors (Lipinski definition) is 4. The number of allylic oxidation sites excluding steroid dienone is 1. The van der Waals surface area contributed by atoms with Gasteiger partial charge in [0, 0.05) is 18.9 Å². The van der Waals surface area contributed by atoms with E-state index in [1.807, 2.05) is 0 Å². The predicted octanol–water partition coefficient (Wildman–Crippen LogP) is 5.05. The number of hydrogen-bond donors (Lipinski definition) is 2. The van der Waals surface area contributed by atoms with E-state index in [0.717, 1.165) is 25.3 Å². The smallest absolute Gasteiger partial charge is 0.354 e. The molecule has 148 valence electrons. The zero-order chi connectivity index (χ0) is 20.0. The van der Waals surface area contributed by atoms with E-state index in [2.05, 4.69) is 26.7 Å². The Balaban J connectivity index is 1.57. The number of rotatable bonds is 6. The van der Waals surface area contributed by atoms with Crippen LogP contribution in [0.5, 0.6) is 0 Å². The number of aromatic nitrogens is 2. The number of nitrogens with one attached hydrogen (secondary N) is 2. The lowest BCUT2D eigenvalue weighted by Gasteiger charge is -2.14. The number of amides is 1. The van der Waals surface area contributed by atoms with Crippen molar-refractivity contribution in [1.29, 1.82) is 0 Å². The maximum absolute atomic E-state index is 13.0. The molecule has 0 saturated heterocycles. The molecule has 1 aliphatic rings. The molecule has 0 saturated carbocycles. The van der Waals surface area contributed by atoms with Crippen molar-refractivity contribution in [2.24, 2.45) is 0 Å². The SMILES string of the molecule is O=C(Nc1ccccc1C(F)(F)F)c1cnc(NCCC2=CCCCC2)nc1. The second-order valence-corrected chi connectivity index (χ2v) is 6.58. The number of anilines is 2. The molecular weight excluding hydrogens is 369 g/mol. The molecule has 8 heteroatoms. The van der Waals surface area contributed by atoms with Crippen molar-refractivity contribution >= 4 is 17.5 Å². The first-order valence-electron chi connectivity index (χ1n) is 9.15. The molecule has 2 N–H and O–H groups in total. The zero-order valence-electron chi connectivity index (χ0n) is 15.2. The molecule has 1 heterocycles. The average Bonchev–Trinajstić information content (AvgIpc) is 2.69. The summed E-state index contributed by atoms with van der Waals surface area (Å²) in [5, 5.41) is 5.37. The van der Waals surface area contributed by atoms with Crippen molar-refractivity contribution < 1.29 is 18.0 Å². The predicted molar refractivity (Wildman–Crippen MR) is 101 cm³/mol. The third-order valence-electron chi connectivity index (χ3n) is 4.51. The molecule has 5 nitrogen and oxygen atoms in total. The topological polar surface area (TPSA) is 66.9 Å². The number of alkyl halides is 3. The molecule has 0 unspecified atom stereocenters. The van der Waals surface area contributed by atoms with E-state index in [0.29, 0.717) is 12.5 Å². The summed E-state index contributed by atoms with van der Waals surface area (Å²) in [5.74, 6) is -0.320. The first kappa shape index (κ1) is 19.9. The molecule has 2 aromatic rings. The van der Waals surface area contributed by atoms with E-state index in [1.54, 1.807) is 0 Å². The summed E-state index contributed by atoms with van der Waals surface area (Å²) in [6.45, 7) is 0.691. The first-order chi connectivity index (χ1) is 13.4. The first-order valence-corrected chi connectivity index (χ1v) is 9.15. The standard InChI is InChI=1S/C20H21F3N4O/c21-20(22,23)16-8-4-5-9-17(16)27-18(28)15-12-25-19(26-13-15)24-11-10-14-6-2-1-3-7-14/h4-6,8-9,12-13H,1-3,7,10-11H2,(H,27,28)(H,24,25,26). The van der Waals surface area contributed by atoms with E-state index in [1.165, 1.54) is 49.0 Å². The maximum Gasteiger partial charge on any atom is 0.418 e. The number of halogens is 3. The molecular formula is C20H21F3N4O. The second-order valence-electron chi connectivity index (χ2n) is 6.58. The molecule has 0 bridgehead atoms.